The predicted octanol–water partition coefficient (Wildman–Crippen LogP) is 1.04. The normalized spacial score (nSPS) is 13.6. The quantitative estimate of drug-likeness (QED) is 0.522. The number of esters is 1. The summed E-state index contributed by atoms with van der Waals surface area (Å²) in [6, 6.07) is 0. The number of aliphatic hydroxyl groups is 1. The van der Waals surface area contributed by atoms with Crippen molar-refractivity contribution in [1.82, 2.24) is 0 Å². The molecule has 0 spiro atoms. The number of carbonyl (C=O) groups is 1. The molecule has 0 bridgehead atoms. The first-order valence-electron chi connectivity index (χ1n) is 4.07. The highest BCUT2D eigenvalue weighted by Gasteiger charge is 2.39. The lowest BCUT2D eigenvalue weighted by atomic mass is 10.5. The van der Waals surface area contributed by atoms with E-state index in [1.54, 1.807) is 6.92 Å². The van der Waals surface area contributed by atoms with Gasteiger partial charge in [-0.3, -0.25) is 0 Å². The summed E-state index contributed by atoms with van der Waals surface area (Å²) in [5.41, 5.74) is 0. The smallest absolute Gasteiger partial charge is 0.461 e. The number of aliphatic hydroxyl groups excluding tert-OH is 1. The average Bonchev–Trinajstić information content (AvgIpc) is 2.13. The van der Waals surface area contributed by atoms with Gasteiger partial charge in [-0.2, -0.15) is 0 Å². The first-order chi connectivity index (χ1) is 6.13. The van der Waals surface area contributed by atoms with Crippen molar-refractivity contribution in [1.29, 1.82) is 0 Å². The third-order valence-electron chi connectivity index (χ3n) is 1.12. The zero-order chi connectivity index (χ0) is 10.3. The van der Waals surface area contributed by atoms with Crippen molar-refractivity contribution in [2.45, 2.75) is 26.1 Å². The molecule has 13 heavy (non-hydrogen) atoms. The fourth-order valence-corrected chi connectivity index (χ4v) is 1.31. The lowest BCUT2D eigenvalue weighted by molar-refractivity contribution is -0.148. The highest BCUT2D eigenvalue weighted by atomic mass is 31.1. The molecule has 0 radical (unpaired) electrons. The van der Waals surface area contributed by atoms with Crippen molar-refractivity contribution in [2.75, 3.05) is 13.2 Å². The monoisotopic (exact) mass is 209 g/mol. The summed E-state index contributed by atoms with van der Waals surface area (Å²) >= 11 is 0. The molecule has 0 rings (SSSR count). The number of hydrogen-bond donors (Lipinski definition) is 1. The van der Waals surface area contributed by atoms with Crippen LogP contribution < -0.4 is 0 Å². The van der Waals surface area contributed by atoms with Crippen molar-refractivity contribution in [3.05, 3.63) is 0 Å². The molecular weight excluding hydrogens is 195 g/mol. The molecule has 76 valence electrons. The van der Waals surface area contributed by atoms with Gasteiger partial charge in [0.05, 0.1) is 6.61 Å². The zero-order valence-corrected chi connectivity index (χ0v) is 8.62. The molecule has 5 nitrogen and oxygen atoms in total. The SMILES string of the molecule is CCCO[P+](=O)C(O)C(=O)OCC. The predicted molar refractivity (Wildman–Crippen MR) is 46.5 cm³/mol. The van der Waals surface area contributed by atoms with E-state index in [1.807, 2.05) is 6.92 Å². The minimum atomic E-state index is -2.37. The second-order valence-corrected chi connectivity index (χ2v) is 3.56. The van der Waals surface area contributed by atoms with E-state index < -0.39 is 19.8 Å². The Balaban J connectivity index is 3.87. The van der Waals surface area contributed by atoms with Crippen LogP contribution in [-0.4, -0.2) is 30.1 Å². The van der Waals surface area contributed by atoms with Gasteiger partial charge >= 0.3 is 19.8 Å². The van der Waals surface area contributed by atoms with Gasteiger partial charge < -0.3 is 9.84 Å². The van der Waals surface area contributed by atoms with Crippen molar-refractivity contribution in [2.24, 2.45) is 0 Å². The molecule has 0 aliphatic heterocycles. The van der Waals surface area contributed by atoms with Crippen LogP contribution in [0.5, 0.6) is 0 Å². The molecule has 0 amide bonds. The second kappa shape index (κ2) is 6.95. The number of rotatable bonds is 6. The van der Waals surface area contributed by atoms with Crippen LogP contribution in [0.2, 0.25) is 0 Å². The lowest BCUT2D eigenvalue weighted by Crippen LogP contribution is -2.20. The summed E-state index contributed by atoms with van der Waals surface area (Å²) < 4.78 is 20.1. The first kappa shape index (κ1) is 12.5. The summed E-state index contributed by atoms with van der Waals surface area (Å²) in [5, 5.41) is 9.06. The summed E-state index contributed by atoms with van der Waals surface area (Å²) in [5.74, 6) is -2.57. The van der Waals surface area contributed by atoms with Crippen molar-refractivity contribution >= 4 is 14.0 Å². The van der Waals surface area contributed by atoms with Gasteiger partial charge in [0.25, 0.3) is 0 Å². The molecule has 0 aliphatic rings. The largest absolute Gasteiger partial charge is 0.552 e. The van der Waals surface area contributed by atoms with Gasteiger partial charge in [0.15, 0.2) is 0 Å². The molecule has 0 fully saturated rings. The molecule has 2 unspecified atom stereocenters. The van der Waals surface area contributed by atoms with Gasteiger partial charge in [0.1, 0.15) is 6.61 Å². The molecular formula is C7H14O5P+. The van der Waals surface area contributed by atoms with Gasteiger partial charge in [-0.05, 0) is 17.9 Å². The average molecular weight is 209 g/mol. The summed E-state index contributed by atoms with van der Waals surface area (Å²) in [6.45, 7) is 3.84. The van der Waals surface area contributed by atoms with Crippen molar-refractivity contribution in [3.8, 4) is 0 Å². The van der Waals surface area contributed by atoms with E-state index in [4.69, 9.17) is 5.11 Å². The fourth-order valence-electron chi connectivity index (χ4n) is 0.555. The molecule has 0 aliphatic carbocycles. The van der Waals surface area contributed by atoms with E-state index in [-0.39, 0.29) is 13.2 Å². The van der Waals surface area contributed by atoms with Gasteiger partial charge in [-0.15, -0.1) is 4.52 Å². The first-order valence-corrected chi connectivity index (χ1v) is 5.32. The van der Waals surface area contributed by atoms with Crippen LogP contribution in [0.25, 0.3) is 0 Å². The van der Waals surface area contributed by atoms with Gasteiger partial charge in [-0.1, -0.05) is 6.92 Å². The fraction of sp³-hybridized carbons (Fsp3) is 0.857. The maximum Gasteiger partial charge on any atom is 0.552 e. The summed E-state index contributed by atoms with van der Waals surface area (Å²) in [4.78, 5) is 10.8. The summed E-state index contributed by atoms with van der Waals surface area (Å²) in [6.07, 6.45) is 0.677. The maximum atomic E-state index is 11.0. The van der Waals surface area contributed by atoms with Crippen LogP contribution in [0.4, 0.5) is 0 Å². The molecule has 0 aromatic carbocycles. The minimum absolute atomic E-state index is 0.146. The molecule has 1 N–H and O–H groups in total. The maximum absolute atomic E-state index is 11.0. The van der Waals surface area contributed by atoms with E-state index in [1.165, 1.54) is 0 Å². The van der Waals surface area contributed by atoms with Crippen molar-refractivity contribution in [3.63, 3.8) is 0 Å². The van der Waals surface area contributed by atoms with Crippen LogP contribution in [0.15, 0.2) is 0 Å². The number of hydrogen-bond acceptors (Lipinski definition) is 5. The minimum Gasteiger partial charge on any atom is -0.461 e. The van der Waals surface area contributed by atoms with Gasteiger partial charge in [0.2, 0.25) is 0 Å². The second-order valence-electron chi connectivity index (χ2n) is 2.24. The van der Waals surface area contributed by atoms with E-state index in [2.05, 4.69) is 9.26 Å². The molecule has 2 atom stereocenters. The van der Waals surface area contributed by atoms with E-state index in [0.717, 1.165) is 0 Å². The topological polar surface area (TPSA) is 72.8 Å². The molecule has 0 saturated carbocycles. The molecule has 0 aromatic heterocycles. The Bertz CT molecular complexity index is 182. The van der Waals surface area contributed by atoms with Crippen molar-refractivity contribution < 1.29 is 23.7 Å². The Morgan fingerprint density at radius 3 is 2.62 bits per heavy atom. The lowest BCUT2D eigenvalue weighted by Gasteiger charge is -1.98. The van der Waals surface area contributed by atoms with Crippen LogP contribution in [0, 0.1) is 0 Å². The van der Waals surface area contributed by atoms with Crippen LogP contribution in [0.3, 0.4) is 0 Å². The van der Waals surface area contributed by atoms with Crippen LogP contribution >= 0.6 is 8.03 Å². The van der Waals surface area contributed by atoms with Crippen LogP contribution in [0.1, 0.15) is 20.3 Å². The Morgan fingerprint density at radius 1 is 1.54 bits per heavy atom. The highest BCUT2D eigenvalue weighted by Crippen LogP contribution is 2.28. The third kappa shape index (κ3) is 4.93. The highest BCUT2D eigenvalue weighted by molar-refractivity contribution is 7.41. The molecule has 6 heteroatoms. The van der Waals surface area contributed by atoms with Gasteiger partial charge in [-0.25, -0.2) is 4.79 Å². The molecule has 0 heterocycles. The van der Waals surface area contributed by atoms with Crippen LogP contribution in [-0.2, 0) is 18.6 Å². The third-order valence-corrected chi connectivity index (χ3v) is 2.17. The van der Waals surface area contributed by atoms with E-state index in [9.17, 15) is 9.36 Å². The Hall–Kier alpha value is -0.510. The summed E-state index contributed by atoms with van der Waals surface area (Å²) in [7, 11) is -2.37. The number of ether oxygens (including phenoxy) is 1. The zero-order valence-electron chi connectivity index (χ0n) is 7.73. The van der Waals surface area contributed by atoms with Gasteiger partial charge in [0, 0.05) is 0 Å². The standard InChI is InChI=1S/C7H14O5P/c1-3-5-12-13(10)7(9)6(8)11-4-2/h7,9H,3-5H2,1-2H3/q+1. The Labute approximate surface area is 77.9 Å². The number of carbonyl (C=O) groups excluding carboxylic acids is 1. The van der Waals surface area contributed by atoms with E-state index in [0.29, 0.717) is 6.42 Å². The Kier molecular flexibility index (Phi) is 6.68. The van der Waals surface area contributed by atoms with E-state index >= 15 is 0 Å². The molecule has 0 saturated heterocycles. The molecule has 0 aromatic rings. The Morgan fingerprint density at radius 2 is 2.15 bits per heavy atom.